The highest BCUT2D eigenvalue weighted by Crippen LogP contribution is 2.42. The Hall–Kier alpha value is -6.88. The van der Waals surface area contributed by atoms with Gasteiger partial charge in [0.25, 0.3) is 0 Å². The summed E-state index contributed by atoms with van der Waals surface area (Å²) >= 11 is 0. The van der Waals surface area contributed by atoms with E-state index in [-0.39, 0.29) is 0 Å². The monoisotopic (exact) mass is 610 g/mol. The first-order valence-electron chi connectivity index (χ1n) is 15.9. The van der Waals surface area contributed by atoms with Crippen LogP contribution in [0.25, 0.3) is 77.2 Å². The number of nitriles is 2. The van der Waals surface area contributed by atoms with Crippen LogP contribution in [-0.4, -0.2) is 9.13 Å². The zero-order valence-corrected chi connectivity index (χ0v) is 25.8. The topological polar surface area (TPSA) is 57.4 Å². The van der Waals surface area contributed by atoms with E-state index in [2.05, 4.69) is 137 Å². The summed E-state index contributed by atoms with van der Waals surface area (Å²) in [6.45, 7) is 0. The predicted molar refractivity (Wildman–Crippen MR) is 195 cm³/mol. The van der Waals surface area contributed by atoms with Crippen LogP contribution in [-0.2, 0) is 0 Å². The molecule has 4 heteroatoms. The molecule has 0 saturated carbocycles. The Morgan fingerprint density at radius 3 is 1.44 bits per heavy atom. The van der Waals surface area contributed by atoms with Crippen LogP contribution in [0.2, 0.25) is 0 Å². The van der Waals surface area contributed by atoms with Crippen molar-refractivity contribution in [3.8, 4) is 45.8 Å². The van der Waals surface area contributed by atoms with Crippen molar-refractivity contribution >= 4 is 43.6 Å². The minimum absolute atomic E-state index is 0.579. The number of rotatable bonds is 4. The normalized spacial score (nSPS) is 11.3. The minimum Gasteiger partial charge on any atom is -0.309 e. The molecule has 0 N–H and O–H groups in total. The maximum Gasteiger partial charge on any atom is 0.101 e. The molecule has 0 aliphatic carbocycles. The Balaban J connectivity index is 1.27. The van der Waals surface area contributed by atoms with E-state index in [0.29, 0.717) is 11.1 Å². The smallest absolute Gasteiger partial charge is 0.101 e. The second-order valence-electron chi connectivity index (χ2n) is 12.0. The first kappa shape index (κ1) is 27.4. The average molecular weight is 611 g/mol. The van der Waals surface area contributed by atoms with Crippen LogP contribution in [0.15, 0.2) is 158 Å². The molecule has 0 radical (unpaired) electrons. The fourth-order valence-electron chi connectivity index (χ4n) is 7.33. The summed E-state index contributed by atoms with van der Waals surface area (Å²) in [6.07, 6.45) is 0. The Kier molecular flexibility index (Phi) is 6.22. The molecule has 0 aliphatic rings. The number of fused-ring (bicyclic) bond motifs is 6. The Morgan fingerprint density at radius 1 is 0.396 bits per heavy atom. The van der Waals surface area contributed by atoms with E-state index in [1.807, 2.05) is 42.5 Å². The largest absolute Gasteiger partial charge is 0.309 e. The highest BCUT2D eigenvalue weighted by molar-refractivity contribution is 6.11. The van der Waals surface area contributed by atoms with Gasteiger partial charge in [0.05, 0.1) is 45.0 Å². The quantitative estimate of drug-likeness (QED) is 0.199. The molecule has 0 bridgehead atoms. The Morgan fingerprint density at radius 2 is 0.917 bits per heavy atom. The molecule has 0 fully saturated rings. The van der Waals surface area contributed by atoms with Gasteiger partial charge in [0, 0.05) is 32.8 Å². The molecule has 0 spiro atoms. The van der Waals surface area contributed by atoms with E-state index in [4.69, 9.17) is 0 Å². The van der Waals surface area contributed by atoms with Gasteiger partial charge in [-0.05, 0) is 71.3 Å². The average Bonchev–Trinajstić information content (AvgIpc) is 3.67. The van der Waals surface area contributed by atoms with Crippen LogP contribution >= 0.6 is 0 Å². The highest BCUT2D eigenvalue weighted by Gasteiger charge is 2.21. The molecule has 9 aromatic rings. The summed E-state index contributed by atoms with van der Waals surface area (Å²) in [5.41, 5.74) is 11.2. The van der Waals surface area contributed by atoms with Crippen molar-refractivity contribution in [3.63, 3.8) is 0 Å². The minimum atomic E-state index is 0.579. The van der Waals surface area contributed by atoms with Crippen LogP contribution in [0.1, 0.15) is 11.1 Å². The number of benzene rings is 7. The van der Waals surface area contributed by atoms with Crippen LogP contribution in [0.4, 0.5) is 0 Å². The lowest BCUT2D eigenvalue weighted by molar-refractivity contribution is 1.17. The van der Waals surface area contributed by atoms with Crippen LogP contribution in [0.3, 0.4) is 0 Å². The fourth-order valence-corrected chi connectivity index (χ4v) is 7.33. The molecular weight excluding hydrogens is 585 g/mol. The fraction of sp³-hybridized carbons (Fsp3) is 0. The maximum absolute atomic E-state index is 10.5. The number of nitrogens with zero attached hydrogens (tertiary/aromatic N) is 4. The van der Waals surface area contributed by atoms with Crippen molar-refractivity contribution in [2.75, 3.05) is 0 Å². The van der Waals surface area contributed by atoms with E-state index in [1.54, 1.807) is 0 Å². The van der Waals surface area contributed by atoms with Crippen molar-refractivity contribution in [1.29, 1.82) is 10.5 Å². The zero-order valence-electron chi connectivity index (χ0n) is 25.8. The molecule has 0 atom stereocenters. The lowest BCUT2D eigenvalue weighted by atomic mass is 9.90. The summed E-state index contributed by atoms with van der Waals surface area (Å²) < 4.78 is 4.52. The third-order valence-electron chi connectivity index (χ3n) is 9.42. The molecule has 7 aromatic carbocycles. The van der Waals surface area contributed by atoms with E-state index in [0.717, 1.165) is 66.5 Å². The van der Waals surface area contributed by atoms with Gasteiger partial charge in [-0.3, -0.25) is 0 Å². The van der Waals surface area contributed by atoms with E-state index in [9.17, 15) is 10.5 Å². The van der Waals surface area contributed by atoms with Gasteiger partial charge in [-0.15, -0.1) is 0 Å². The number of hydrogen-bond acceptors (Lipinski definition) is 2. The number of hydrogen-bond donors (Lipinski definition) is 0. The lowest BCUT2D eigenvalue weighted by Gasteiger charge is -2.19. The summed E-state index contributed by atoms with van der Waals surface area (Å²) in [6, 6.07) is 58.8. The second-order valence-corrected chi connectivity index (χ2v) is 12.0. The lowest BCUT2D eigenvalue weighted by Crippen LogP contribution is -2.01. The third kappa shape index (κ3) is 4.07. The molecule has 0 amide bonds. The molecule has 48 heavy (non-hydrogen) atoms. The van der Waals surface area contributed by atoms with E-state index < -0.39 is 0 Å². The number of para-hydroxylation sites is 5. The van der Waals surface area contributed by atoms with Gasteiger partial charge in [0.15, 0.2) is 0 Å². The summed E-state index contributed by atoms with van der Waals surface area (Å²) in [5, 5.41) is 25.1. The maximum atomic E-state index is 10.5. The van der Waals surface area contributed by atoms with Gasteiger partial charge in [-0.25, -0.2) is 0 Å². The van der Waals surface area contributed by atoms with Crippen molar-refractivity contribution in [2.45, 2.75) is 0 Å². The second kappa shape index (κ2) is 10.9. The first-order chi connectivity index (χ1) is 23.7. The molecule has 2 aromatic heterocycles. The Labute approximate surface area is 277 Å². The summed E-state index contributed by atoms with van der Waals surface area (Å²) in [7, 11) is 0. The molecule has 4 nitrogen and oxygen atoms in total. The van der Waals surface area contributed by atoms with E-state index >= 15 is 0 Å². The molecular formula is C44H26N4. The third-order valence-corrected chi connectivity index (χ3v) is 9.42. The number of aromatic nitrogens is 2. The molecule has 2 heterocycles. The van der Waals surface area contributed by atoms with Gasteiger partial charge in [0.1, 0.15) is 6.07 Å². The molecule has 0 saturated heterocycles. The highest BCUT2D eigenvalue weighted by atomic mass is 15.0. The molecule has 9 rings (SSSR count). The van der Waals surface area contributed by atoms with Crippen LogP contribution in [0.5, 0.6) is 0 Å². The van der Waals surface area contributed by atoms with Crippen molar-refractivity contribution in [3.05, 3.63) is 169 Å². The SMILES string of the molecule is N#Cc1ccc(-c2cccc(C#N)c2-n2c3ccccc3c3ccccc32)c(-c2ccc(-n3c4ccccc4c4ccccc43)cc2)c1. The summed E-state index contributed by atoms with van der Waals surface area (Å²) in [5.74, 6) is 0. The van der Waals surface area contributed by atoms with Crippen molar-refractivity contribution in [1.82, 2.24) is 9.13 Å². The summed E-state index contributed by atoms with van der Waals surface area (Å²) in [4.78, 5) is 0. The van der Waals surface area contributed by atoms with Gasteiger partial charge in [-0.1, -0.05) is 103 Å². The van der Waals surface area contributed by atoms with Gasteiger partial charge in [0.2, 0.25) is 0 Å². The van der Waals surface area contributed by atoms with Crippen LogP contribution in [0, 0.1) is 22.7 Å². The Bertz CT molecular complexity index is 2690. The predicted octanol–water partition coefficient (Wildman–Crippen LogP) is 11.0. The standard InChI is InChI=1S/C44H26N4/c45-27-29-20-25-33(38-15-9-10-31(28-46)44(38)48-42-18-7-3-13-36(42)37-14-4-8-19-43(37)48)39(26-29)30-21-23-32(24-22-30)47-40-16-5-1-11-34(40)35-12-2-6-17-41(35)47/h1-26H. The van der Waals surface area contributed by atoms with Crippen molar-refractivity contribution in [2.24, 2.45) is 0 Å². The first-order valence-corrected chi connectivity index (χ1v) is 15.9. The van der Waals surface area contributed by atoms with Crippen molar-refractivity contribution < 1.29 is 0 Å². The van der Waals surface area contributed by atoms with E-state index in [1.165, 1.54) is 10.8 Å². The zero-order chi connectivity index (χ0) is 32.2. The molecule has 0 aliphatic heterocycles. The van der Waals surface area contributed by atoms with Crippen LogP contribution < -0.4 is 0 Å². The molecule has 222 valence electrons. The molecule has 0 unspecified atom stereocenters. The van der Waals surface area contributed by atoms with Gasteiger partial charge < -0.3 is 9.13 Å². The van der Waals surface area contributed by atoms with Gasteiger partial charge in [-0.2, -0.15) is 10.5 Å². The van der Waals surface area contributed by atoms with Gasteiger partial charge >= 0.3 is 0 Å².